The van der Waals surface area contributed by atoms with E-state index in [-0.39, 0.29) is 11.3 Å². The summed E-state index contributed by atoms with van der Waals surface area (Å²) in [5.41, 5.74) is 1.41. The quantitative estimate of drug-likeness (QED) is 0.624. The first kappa shape index (κ1) is 10.5. The summed E-state index contributed by atoms with van der Waals surface area (Å²) >= 11 is 0. The first-order valence-electron chi connectivity index (χ1n) is 5.16. The molecular weight excluding hydrogens is 236 g/mol. The average molecular weight is 244 g/mol. The summed E-state index contributed by atoms with van der Waals surface area (Å²) in [4.78, 5) is 29.5. The minimum Gasteiger partial charge on any atom is -0.464 e. The fraction of sp³-hybridized carbons (Fsp3) is 0.0909. The van der Waals surface area contributed by atoms with Gasteiger partial charge in [0.05, 0.1) is 7.11 Å². The van der Waals surface area contributed by atoms with Gasteiger partial charge in [0.25, 0.3) is 5.56 Å². The molecule has 0 radical (unpaired) electrons. The number of H-pyrrole nitrogens is 1. The SMILES string of the molecule is COC(=O)c1ccc2nn3ccc(=O)[nH]c3c2n1. The van der Waals surface area contributed by atoms with Gasteiger partial charge in [0.15, 0.2) is 5.65 Å². The summed E-state index contributed by atoms with van der Waals surface area (Å²) in [5, 5.41) is 4.21. The standard InChI is InChI=1S/C11H8N4O3/c1-18-11(17)7-3-2-6-9(12-7)10-13-8(16)4-5-15(10)14-6/h2-5H,1H3,(H,13,16). The summed E-state index contributed by atoms with van der Waals surface area (Å²) in [6, 6.07) is 4.54. The summed E-state index contributed by atoms with van der Waals surface area (Å²) < 4.78 is 6.10. The minimum atomic E-state index is -0.533. The predicted molar refractivity (Wildman–Crippen MR) is 62.5 cm³/mol. The number of nitrogens with one attached hydrogen (secondary N) is 1. The monoisotopic (exact) mass is 244 g/mol. The van der Waals surface area contributed by atoms with Crippen LogP contribution < -0.4 is 5.56 Å². The molecule has 0 spiro atoms. The third kappa shape index (κ3) is 1.45. The second kappa shape index (κ2) is 3.66. The number of pyridine rings is 1. The van der Waals surface area contributed by atoms with E-state index in [2.05, 4.69) is 19.8 Å². The van der Waals surface area contributed by atoms with Crippen LogP contribution in [0.5, 0.6) is 0 Å². The molecule has 0 atom stereocenters. The van der Waals surface area contributed by atoms with Crippen molar-refractivity contribution in [3.05, 3.63) is 40.4 Å². The lowest BCUT2D eigenvalue weighted by molar-refractivity contribution is 0.0594. The van der Waals surface area contributed by atoms with Crippen LogP contribution in [0, 0.1) is 0 Å². The van der Waals surface area contributed by atoms with Crippen LogP contribution in [0.3, 0.4) is 0 Å². The molecule has 0 aliphatic heterocycles. The van der Waals surface area contributed by atoms with Crippen LogP contribution in [0.2, 0.25) is 0 Å². The number of hydrogen-bond donors (Lipinski definition) is 1. The molecule has 90 valence electrons. The molecule has 3 rings (SSSR count). The maximum absolute atomic E-state index is 11.4. The number of rotatable bonds is 1. The van der Waals surface area contributed by atoms with E-state index in [0.29, 0.717) is 16.7 Å². The van der Waals surface area contributed by atoms with Gasteiger partial charge in [-0.05, 0) is 12.1 Å². The average Bonchev–Trinajstić information content (AvgIpc) is 2.75. The van der Waals surface area contributed by atoms with E-state index in [9.17, 15) is 9.59 Å². The van der Waals surface area contributed by atoms with Gasteiger partial charge < -0.3 is 9.72 Å². The van der Waals surface area contributed by atoms with Crippen LogP contribution in [0.15, 0.2) is 29.2 Å². The van der Waals surface area contributed by atoms with E-state index in [4.69, 9.17) is 0 Å². The van der Waals surface area contributed by atoms with Gasteiger partial charge in [-0.3, -0.25) is 4.79 Å². The molecule has 18 heavy (non-hydrogen) atoms. The van der Waals surface area contributed by atoms with Crippen LogP contribution >= 0.6 is 0 Å². The Labute approximate surface area is 100 Å². The zero-order chi connectivity index (χ0) is 12.7. The van der Waals surface area contributed by atoms with E-state index in [0.717, 1.165) is 0 Å². The number of esters is 1. The Morgan fingerprint density at radius 2 is 2.22 bits per heavy atom. The number of carbonyl (C=O) groups excluding carboxylic acids is 1. The van der Waals surface area contributed by atoms with Crippen LogP contribution in [0.1, 0.15) is 10.5 Å². The predicted octanol–water partition coefficient (Wildman–Crippen LogP) is 0.357. The number of aromatic nitrogens is 4. The Kier molecular flexibility index (Phi) is 2.12. The number of fused-ring (bicyclic) bond motifs is 3. The van der Waals surface area contributed by atoms with Crippen molar-refractivity contribution in [3.63, 3.8) is 0 Å². The van der Waals surface area contributed by atoms with E-state index >= 15 is 0 Å². The van der Waals surface area contributed by atoms with Gasteiger partial charge in [0, 0.05) is 12.3 Å². The molecule has 0 fully saturated rings. The molecule has 0 aromatic carbocycles. The maximum Gasteiger partial charge on any atom is 0.356 e. The first-order valence-corrected chi connectivity index (χ1v) is 5.16. The third-order valence-electron chi connectivity index (χ3n) is 2.55. The highest BCUT2D eigenvalue weighted by molar-refractivity contribution is 5.94. The van der Waals surface area contributed by atoms with Crippen molar-refractivity contribution in [1.82, 2.24) is 19.6 Å². The van der Waals surface area contributed by atoms with Crippen molar-refractivity contribution in [2.24, 2.45) is 0 Å². The number of carbonyl (C=O) groups is 1. The summed E-state index contributed by atoms with van der Waals surface area (Å²) in [7, 11) is 1.28. The number of hydrogen-bond acceptors (Lipinski definition) is 5. The topological polar surface area (TPSA) is 89.3 Å². The number of nitrogens with zero attached hydrogens (tertiary/aromatic N) is 3. The highest BCUT2D eigenvalue weighted by atomic mass is 16.5. The Balaban J connectivity index is 2.37. The molecule has 1 N–H and O–H groups in total. The highest BCUT2D eigenvalue weighted by Gasteiger charge is 2.12. The van der Waals surface area contributed by atoms with Crippen LogP contribution in [-0.2, 0) is 4.74 Å². The van der Waals surface area contributed by atoms with Gasteiger partial charge in [-0.15, -0.1) is 0 Å². The van der Waals surface area contributed by atoms with Gasteiger partial charge >= 0.3 is 5.97 Å². The lowest BCUT2D eigenvalue weighted by Gasteiger charge is -1.97. The first-order chi connectivity index (χ1) is 8.69. The second-order valence-corrected chi connectivity index (χ2v) is 3.65. The van der Waals surface area contributed by atoms with Crippen molar-refractivity contribution < 1.29 is 9.53 Å². The molecule has 0 aliphatic carbocycles. The van der Waals surface area contributed by atoms with Crippen molar-refractivity contribution in [3.8, 4) is 0 Å². The van der Waals surface area contributed by atoms with Gasteiger partial charge in [-0.2, -0.15) is 5.10 Å². The fourth-order valence-corrected chi connectivity index (χ4v) is 1.72. The Morgan fingerprint density at radius 3 is 3.00 bits per heavy atom. The zero-order valence-corrected chi connectivity index (χ0v) is 9.38. The lowest BCUT2D eigenvalue weighted by atomic mass is 10.3. The van der Waals surface area contributed by atoms with Crippen LogP contribution in [0.4, 0.5) is 0 Å². The Bertz CT molecular complexity index is 818. The van der Waals surface area contributed by atoms with Crippen LogP contribution in [0.25, 0.3) is 16.7 Å². The molecule has 0 bridgehead atoms. The Morgan fingerprint density at radius 1 is 1.39 bits per heavy atom. The van der Waals surface area contributed by atoms with Crippen molar-refractivity contribution in [2.75, 3.05) is 7.11 Å². The molecule has 3 aromatic heterocycles. The Hall–Kier alpha value is -2.70. The lowest BCUT2D eigenvalue weighted by Crippen LogP contribution is -2.06. The number of ether oxygens (including phenoxy) is 1. The van der Waals surface area contributed by atoms with E-state index in [1.165, 1.54) is 30.0 Å². The molecule has 7 nitrogen and oxygen atoms in total. The smallest absolute Gasteiger partial charge is 0.356 e. The van der Waals surface area contributed by atoms with Crippen molar-refractivity contribution in [1.29, 1.82) is 0 Å². The van der Waals surface area contributed by atoms with Gasteiger partial charge in [-0.1, -0.05) is 0 Å². The number of aromatic amines is 1. The summed E-state index contributed by atoms with van der Waals surface area (Å²) in [6.07, 6.45) is 1.54. The molecular formula is C11H8N4O3. The molecule has 0 amide bonds. The van der Waals surface area contributed by atoms with Gasteiger partial charge in [-0.25, -0.2) is 14.3 Å². The van der Waals surface area contributed by atoms with E-state index in [1.54, 1.807) is 6.07 Å². The maximum atomic E-state index is 11.4. The molecule has 0 aliphatic rings. The highest BCUT2D eigenvalue weighted by Crippen LogP contribution is 2.15. The van der Waals surface area contributed by atoms with Gasteiger partial charge in [0.1, 0.15) is 16.7 Å². The minimum absolute atomic E-state index is 0.171. The van der Waals surface area contributed by atoms with Gasteiger partial charge in [0.2, 0.25) is 0 Å². The molecule has 3 aromatic rings. The zero-order valence-electron chi connectivity index (χ0n) is 9.38. The normalized spacial score (nSPS) is 10.9. The van der Waals surface area contributed by atoms with Crippen molar-refractivity contribution >= 4 is 22.6 Å². The van der Waals surface area contributed by atoms with Crippen LogP contribution in [-0.4, -0.2) is 32.7 Å². The number of methoxy groups -OCH3 is 1. The van der Waals surface area contributed by atoms with E-state index < -0.39 is 5.97 Å². The third-order valence-corrected chi connectivity index (χ3v) is 2.55. The fourth-order valence-electron chi connectivity index (χ4n) is 1.72. The molecule has 0 saturated carbocycles. The largest absolute Gasteiger partial charge is 0.464 e. The molecule has 0 unspecified atom stereocenters. The molecule has 7 heteroatoms. The summed E-state index contributed by atoms with van der Waals surface area (Å²) in [5.74, 6) is -0.533. The summed E-state index contributed by atoms with van der Waals surface area (Å²) in [6.45, 7) is 0. The second-order valence-electron chi connectivity index (χ2n) is 3.65. The van der Waals surface area contributed by atoms with E-state index in [1.807, 2.05) is 0 Å². The van der Waals surface area contributed by atoms with Crippen molar-refractivity contribution in [2.45, 2.75) is 0 Å². The molecule has 0 saturated heterocycles. The molecule has 3 heterocycles.